The van der Waals surface area contributed by atoms with E-state index >= 15 is 0 Å². The van der Waals surface area contributed by atoms with Crippen LogP contribution in [-0.2, 0) is 20.9 Å². The van der Waals surface area contributed by atoms with Crippen molar-refractivity contribution in [3.05, 3.63) is 99.7 Å². The molecule has 1 heterocycles. The molecule has 1 N–H and O–H groups in total. The molecule has 1 amide bonds. The van der Waals surface area contributed by atoms with Crippen molar-refractivity contribution in [1.82, 2.24) is 0 Å². The molecule has 0 spiro atoms. The number of amides is 1. The molecule has 1 aromatic heterocycles. The number of halogens is 2. The summed E-state index contributed by atoms with van der Waals surface area (Å²) in [6, 6.07) is 20.6. The van der Waals surface area contributed by atoms with E-state index < -0.39 is 18.0 Å². The lowest BCUT2D eigenvalue weighted by molar-refractivity contribution is -0.125. The Balaban J connectivity index is 1.66. The third-order valence-corrected chi connectivity index (χ3v) is 5.47. The Morgan fingerprint density at radius 1 is 0.971 bits per heavy atom. The van der Waals surface area contributed by atoms with Crippen molar-refractivity contribution in [1.29, 1.82) is 0 Å². The SMILES string of the molecule is CCOCc1c(C(=O)O[C@@H](C(=O)Nc2cc(Cl)cc(Cl)c2)c2ccccc2)oc2ccccc12. The van der Waals surface area contributed by atoms with Crippen LogP contribution >= 0.6 is 23.2 Å². The van der Waals surface area contributed by atoms with Gasteiger partial charge in [-0.05, 0) is 31.2 Å². The predicted octanol–water partition coefficient (Wildman–Crippen LogP) is 6.81. The van der Waals surface area contributed by atoms with E-state index in [1.807, 2.05) is 25.1 Å². The molecule has 6 nitrogen and oxygen atoms in total. The molecule has 0 saturated carbocycles. The maximum Gasteiger partial charge on any atom is 0.375 e. The molecule has 4 aromatic rings. The minimum absolute atomic E-state index is 0.00539. The first-order valence-corrected chi connectivity index (χ1v) is 11.3. The summed E-state index contributed by atoms with van der Waals surface area (Å²) in [4.78, 5) is 26.5. The summed E-state index contributed by atoms with van der Waals surface area (Å²) in [5.41, 5.74) is 1.96. The fourth-order valence-electron chi connectivity index (χ4n) is 3.51. The highest BCUT2D eigenvalue weighted by molar-refractivity contribution is 6.35. The number of fused-ring (bicyclic) bond motifs is 1. The van der Waals surface area contributed by atoms with Gasteiger partial charge in [0.1, 0.15) is 5.58 Å². The van der Waals surface area contributed by atoms with Crippen LogP contribution in [0.1, 0.15) is 34.7 Å². The van der Waals surface area contributed by atoms with Crippen molar-refractivity contribution >= 4 is 51.7 Å². The Labute approximate surface area is 206 Å². The van der Waals surface area contributed by atoms with Crippen LogP contribution in [0.25, 0.3) is 11.0 Å². The molecular formula is C26H21Cl2NO5. The quantitative estimate of drug-likeness (QED) is 0.270. The fraction of sp³-hybridized carbons (Fsp3) is 0.154. The molecule has 3 aromatic carbocycles. The molecular weight excluding hydrogens is 477 g/mol. The van der Waals surface area contributed by atoms with E-state index in [1.165, 1.54) is 0 Å². The molecule has 174 valence electrons. The van der Waals surface area contributed by atoms with Gasteiger partial charge in [0.25, 0.3) is 5.91 Å². The number of hydrogen-bond acceptors (Lipinski definition) is 5. The number of ether oxygens (including phenoxy) is 2. The highest BCUT2D eigenvalue weighted by Gasteiger charge is 2.30. The van der Waals surface area contributed by atoms with Gasteiger partial charge in [-0.1, -0.05) is 71.7 Å². The summed E-state index contributed by atoms with van der Waals surface area (Å²) >= 11 is 12.1. The number of furan rings is 1. The van der Waals surface area contributed by atoms with Crippen LogP contribution in [-0.4, -0.2) is 18.5 Å². The first kappa shape index (κ1) is 23.8. The topological polar surface area (TPSA) is 77.8 Å². The molecule has 0 saturated heterocycles. The summed E-state index contributed by atoms with van der Waals surface area (Å²) in [5, 5.41) is 4.18. The van der Waals surface area contributed by atoms with E-state index in [4.69, 9.17) is 37.1 Å². The molecule has 0 unspecified atom stereocenters. The van der Waals surface area contributed by atoms with Crippen LogP contribution in [0.4, 0.5) is 5.69 Å². The summed E-state index contributed by atoms with van der Waals surface area (Å²) in [5.74, 6) is -1.35. The van der Waals surface area contributed by atoms with Gasteiger partial charge in [0, 0.05) is 38.9 Å². The lowest BCUT2D eigenvalue weighted by Gasteiger charge is -2.18. The Kier molecular flexibility index (Phi) is 7.53. The van der Waals surface area contributed by atoms with Crippen LogP contribution in [0.3, 0.4) is 0 Å². The zero-order valence-corrected chi connectivity index (χ0v) is 19.7. The molecule has 0 radical (unpaired) electrons. The van der Waals surface area contributed by atoms with E-state index in [0.29, 0.717) is 39.0 Å². The lowest BCUT2D eigenvalue weighted by Crippen LogP contribution is -2.26. The number of carbonyl (C=O) groups is 2. The van der Waals surface area contributed by atoms with Crippen LogP contribution < -0.4 is 5.32 Å². The molecule has 1 atom stereocenters. The Bertz CT molecular complexity index is 1300. The van der Waals surface area contributed by atoms with Crippen molar-refractivity contribution in [2.75, 3.05) is 11.9 Å². The second kappa shape index (κ2) is 10.7. The van der Waals surface area contributed by atoms with Crippen LogP contribution in [0.2, 0.25) is 10.0 Å². The fourth-order valence-corrected chi connectivity index (χ4v) is 4.03. The maximum absolute atomic E-state index is 13.3. The lowest BCUT2D eigenvalue weighted by atomic mass is 10.1. The summed E-state index contributed by atoms with van der Waals surface area (Å²) in [6.45, 7) is 2.49. The summed E-state index contributed by atoms with van der Waals surface area (Å²) < 4.78 is 17.0. The number of anilines is 1. The molecule has 0 fully saturated rings. The number of para-hydroxylation sites is 1. The normalized spacial score (nSPS) is 11.9. The molecule has 0 aliphatic heterocycles. The van der Waals surface area contributed by atoms with Crippen LogP contribution in [0.5, 0.6) is 0 Å². The first-order valence-electron chi connectivity index (χ1n) is 10.6. The number of rotatable bonds is 8. The van der Waals surface area contributed by atoms with Gasteiger partial charge in [0.2, 0.25) is 11.9 Å². The third-order valence-electron chi connectivity index (χ3n) is 5.03. The zero-order valence-electron chi connectivity index (χ0n) is 18.2. The van der Waals surface area contributed by atoms with E-state index in [1.54, 1.807) is 54.6 Å². The highest BCUT2D eigenvalue weighted by atomic mass is 35.5. The Hall–Kier alpha value is -3.32. The third kappa shape index (κ3) is 5.42. The van der Waals surface area contributed by atoms with Gasteiger partial charge in [-0.2, -0.15) is 0 Å². The smallest absolute Gasteiger partial charge is 0.375 e. The van der Waals surface area contributed by atoms with Crippen LogP contribution in [0.15, 0.2) is 77.2 Å². The van der Waals surface area contributed by atoms with Gasteiger partial charge in [-0.25, -0.2) is 4.79 Å². The number of nitrogens with one attached hydrogen (secondary N) is 1. The number of hydrogen-bond donors (Lipinski definition) is 1. The van der Waals surface area contributed by atoms with E-state index in [9.17, 15) is 9.59 Å². The van der Waals surface area contributed by atoms with E-state index in [0.717, 1.165) is 5.39 Å². The number of carbonyl (C=O) groups excluding carboxylic acids is 2. The monoisotopic (exact) mass is 497 g/mol. The number of esters is 1. The average molecular weight is 498 g/mol. The van der Waals surface area contributed by atoms with E-state index in [2.05, 4.69) is 5.32 Å². The van der Waals surface area contributed by atoms with Crippen molar-refractivity contribution in [3.8, 4) is 0 Å². The first-order chi connectivity index (χ1) is 16.5. The van der Waals surface area contributed by atoms with Gasteiger partial charge in [0.05, 0.1) is 6.61 Å². The van der Waals surface area contributed by atoms with Crippen molar-refractivity contribution in [2.24, 2.45) is 0 Å². The van der Waals surface area contributed by atoms with Gasteiger partial charge in [-0.3, -0.25) is 4.79 Å². The maximum atomic E-state index is 13.3. The van der Waals surface area contributed by atoms with Gasteiger partial charge < -0.3 is 19.2 Å². The molecule has 0 aliphatic rings. The zero-order chi connectivity index (χ0) is 24.1. The van der Waals surface area contributed by atoms with Crippen molar-refractivity contribution < 1.29 is 23.5 Å². The highest BCUT2D eigenvalue weighted by Crippen LogP contribution is 2.30. The second-order valence-corrected chi connectivity index (χ2v) is 8.26. The van der Waals surface area contributed by atoms with Crippen molar-refractivity contribution in [3.63, 3.8) is 0 Å². The largest absolute Gasteiger partial charge is 0.449 e. The van der Waals surface area contributed by atoms with E-state index in [-0.39, 0.29) is 12.4 Å². The van der Waals surface area contributed by atoms with Crippen molar-refractivity contribution in [2.45, 2.75) is 19.6 Å². The summed E-state index contributed by atoms with van der Waals surface area (Å²) in [7, 11) is 0. The van der Waals surface area contributed by atoms with Crippen LogP contribution in [0, 0.1) is 0 Å². The molecule has 0 aliphatic carbocycles. The molecule has 0 bridgehead atoms. The Morgan fingerprint density at radius 3 is 2.35 bits per heavy atom. The van der Waals surface area contributed by atoms with Gasteiger partial charge in [0.15, 0.2) is 0 Å². The minimum Gasteiger partial charge on any atom is -0.449 e. The predicted molar refractivity (Wildman–Crippen MR) is 131 cm³/mol. The minimum atomic E-state index is -1.25. The van der Waals surface area contributed by atoms with Gasteiger partial charge in [-0.15, -0.1) is 0 Å². The number of benzene rings is 3. The molecule has 4 rings (SSSR count). The molecule has 8 heteroatoms. The summed E-state index contributed by atoms with van der Waals surface area (Å²) in [6.07, 6.45) is -1.25. The average Bonchev–Trinajstić information content (AvgIpc) is 3.19. The van der Waals surface area contributed by atoms with Gasteiger partial charge >= 0.3 is 5.97 Å². The molecule has 34 heavy (non-hydrogen) atoms. The standard InChI is InChI=1S/C26H21Cl2NO5/c1-2-32-15-21-20-10-6-7-11-22(20)33-24(21)26(31)34-23(16-8-4-3-5-9-16)25(30)29-19-13-17(27)12-18(28)14-19/h3-14,23H,2,15H2,1H3,(H,29,30)/t23-/m1/s1. The Morgan fingerprint density at radius 2 is 1.65 bits per heavy atom. The second-order valence-electron chi connectivity index (χ2n) is 7.39.